The van der Waals surface area contributed by atoms with E-state index in [1.807, 2.05) is 30.3 Å². The van der Waals surface area contributed by atoms with Crippen molar-refractivity contribution in [3.8, 4) is 23.0 Å². The van der Waals surface area contributed by atoms with Crippen LogP contribution in [0.5, 0.6) is 11.5 Å². The predicted octanol–water partition coefficient (Wildman–Crippen LogP) is 3.72. The van der Waals surface area contributed by atoms with Crippen molar-refractivity contribution in [1.82, 2.24) is 4.98 Å². The van der Waals surface area contributed by atoms with E-state index in [-0.39, 0.29) is 6.61 Å². The molecule has 3 aromatic rings. The maximum Gasteiger partial charge on any atom is 0.338 e. The van der Waals surface area contributed by atoms with Crippen molar-refractivity contribution < 1.29 is 23.4 Å². The summed E-state index contributed by atoms with van der Waals surface area (Å²) in [7, 11) is 3.04. The Hall–Kier alpha value is -3.28. The van der Waals surface area contributed by atoms with Crippen molar-refractivity contribution in [1.29, 1.82) is 0 Å². The number of ether oxygens (including phenoxy) is 3. The highest BCUT2D eigenvalue weighted by Crippen LogP contribution is 2.28. The number of carbonyl (C=O) groups excluding carboxylic acids is 1. The highest BCUT2D eigenvalue weighted by atomic mass is 16.5. The second-order valence-corrected chi connectivity index (χ2v) is 5.16. The predicted molar refractivity (Wildman–Crippen MR) is 90.6 cm³/mol. The third-order valence-corrected chi connectivity index (χ3v) is 3.54. The average molecular weight is 339 g/mol. The molecule has 6 nitrogen and oxygen atoms in total. The Bertz CT molecular complexity index is 857. The molecular formula is C19H17NO5. The Morgan fingerprint density at radius 2 is 1.80 bits per heavy atom. The van der Waals surface area contributed by atoms with E-state index in [1.165, 1.54) is 20.5 Å². The number of hydrogen-bond acceptors (Lipinski definition) is 6. The maximum absolute atomic E-state index is 12.2. The third-order valence-electron chi connectivity index (χ3n) is 3.54. The van der Waals surface area contributed by atoms with Crippen LogP contribution in [0.3, 0.4) is 0 Å². The minimum Gasteiger partial charge on any atom is -0.493 e. The molecule has 0 radical (unpaired) electrons. The molecule has 0 spiro atoms. The van der Waals surface area contributed by atoms with Gasteiger partial charge in [-0.2, -0.15) is 0 Å². The van der Waals surface area contributed by atoms with Crippen molar-refractivity contribution in [2.45, 2.75) is 6.61 Å². The highest BCUT2D eigenvalue weighted by Gasteiger charge is 2.13. The molecule has 0 saturated carbocycles. The molecule has 0 N–H and O–H groups in total. The van der Waals surface area contributed by atoms with Crippen LogP contribution in [0.2, 0.25) is 0 Å². The first-order valence-electron chi connectivity index (χ1n) is 7.60. The van der Waals surface area contributed by atoms with Crippen LogP contribution in [-0.2, 0) is 11.3 Å². The fourth-order valence-electron chi connectivity index (χ4n) is 2.27. The Morgan fingerprint density at radius 3 is 2.52 bits per heavy atom. The van der Waals surface area contributed by atoms with Crippen molar-refractivity contribution >= 4 is 5.97 Å². The van der Waals surface area contributed by atoms with Gasteiger partial charge in [0.2, 0.25) is 5.89 Å². The lowest BCUT2D eigenvalue weighted by Gasteiger charge is -2.09. The molecule has 0 atom stereocenters. The molecular weight excluding hydrogens is 322 g/mol. The first-order valence-corrected chi connectivity index (χ1v) is 7.60. The quantitative estimate of drug-likeness (QED) is 0.638. The minimum atomic E-state index is -0.481. The maximum atomic E-state index is 12.2. The molecule has 0 amide bonds. The summed E-state index contributed by atoms with van der Waals surface area (Å²) >= 11 is 0. The number of aromatic nitrogens is 1. The largest absolute Gasteiger partial charge is 0.493 e. The lowest BCUT2D eigenvalue weighted by molar-refractivity contribution is 0.0467. The van der Waals surface area contributed by atoms with E-state index in [1.54, 1.807) is 18.2 Å². The second kappa shape index (κ2) is 7.53. The van der Waals surface area contributed by atoms with Gasteiger partial charge in [0.15, 0.2) is 11.5 Å². The van der Waals surface area contributed by atoms with E-state index in [0.717, 1.165) is 5.56 Å². The van der Waals surface area contributed by atoms with Gasteiger partial charge >= 0.3 is 5.97 Å². The van der Waals surface area contributed by atoms with Gasteiger partial charge in [-0.25, -0.2) is 9.78 Å². The lowest BCUT2D eigenvalue weighted by Crippen LogP contribution is -2.06. The van der Waals surface area contributed by atoms with Gasteiger partial charge in [-0.05, 0) is 30.3 Å². The molecule has 0 aliphatic heterocycles. The van der Waals surface area contributed by atoms with Crippen LogP contribution < -0.4 is 9.47 Å². The molecule has 0 bridgehead atoms. The fraction of sp³-hybridized carbons (Fsp3) is 0.158. The molecule has 0 saturated heterocycles. The number of oxazole rings is 1. The van der Waals surface area contributed by atoms with E-state index >= 15 is 0 Å². The van der Waals surface area contributed by atoms with E-state index in [2.05, 4.69) is 4.98 Å². The SMILES string of the molecule is COc1ccc(C(=O)OCc2coc(-c3ccccc3)n2)cc1OC. The van der Waals surface area contributed by atoms with Gasteiger partial charge in [0.25, 0.3) is 0 Å². The summed E-state index contributed by atoms with van der Waals surface area (Å²) in [6.45, 7) is 0.0174. The van der Waals surface area contributed by atoms with Gasteiger partial charge in [0.05, 0.1) is 19.8 Å². The van der Waals surface area contributed by atoms with Gasteiger partial charge in [-0.15, -0.1) is 0 Å². The van der Waals surface area contributed by atoms with Crippen molar-refractivity contribution in [3.63, 3.8) is 0 Å². The molecule has 128 valence electrons. The molecule has 0 fully saturated rings. The summed E-state index contributed by atoms with van der Waals surface area (Å²) in [6.07, 6.45) is 1.48. The van der Waals surface area contributed by atoms with Crippen molar-refractivity contribution in [2.24, 2.45) is 0 Å². The minimum absolute atomic E-state index is 0.0174. The molecule has 2 aromatic carbocycles. The number of esters is 1. The van der Waals surface area contributed by atoms with E-state index in [0.29, 0.717) is 28.6 Å². The van der Waals surface area contributed by atoms with Gasteiger partial charge in [0.1, 0.15) is 18.6 Å². The summed E-state index contributed by atoms with van der Waals surface area (Å²) < 4.78 is 21.0. The summed E-state index contributed by atoms with van der Waals surface area (Å²) in [4.78, 5) is 16.5. The normalized spacial score (nSPS) is 10.3. The van der Waals surface area contributed by atoms with Crippen LogP contribution in [0.4, 0.5) is 0 Å². The number of hydrogen-bond donors (Lipinski definition) is 0. The number of carbonyl (C=O) groups is 1. The average Bonchev–Trinajstić information content (AvgIpc) is 3.15. The van der Waals surface area contributed by atoms with Crippen LogP contribution >= 0.6 is 0 Å². The fourth-order valence-corrected chi connectivity index (χ4v) is 2.27. The standard InChI is InChI=1S/C19H17NO5/c1-22-16-9-8-14(10-17(16)23-2)19(21)25-12-15-11-24-18(20-15)13-6-4-3-5-7-13/h3-11H,12H2,1-2H3. The zero-order valence-electron chi connectivity index (χ0n) is 13.9. The third kappa shape index (κ3) is 3.80. The van der Waals surface area contributed by atoms with E-state index < -0.39 is 5.97 Å². The van der Waals surface area contributed by atoms with Crippen LogP contribution in [0.25, 0.3) is 11.5 Å². The smallest absolute Gasteiger partial charge is 0.338 e. The van der Waals surface area contributed by atoms with E-state index in [9.17, 15) is 4.79 Å². The van der Waals surface area contributed by atoms with Crippen molar-refractivity contribution in [3.05, 3.63) is 66.1 Å². The molecule has 0 aliphatic carbocycles. The molecule has 3 rings (SSSR count). The van der Waals surface area contributed by atoms with E-state index in [4.69, 9.17) is 18.6 Å². The molecule has 1 heterocycles. The van der Waals surface area contributed by atoms with Crippen LogP contribution in [0, 0.1) is 0 Å². The van der Waals surface area contributed by atoms with Crippen molar-refractivity contribution in [2.75, 3.05) is 14.2 Å². The summed E-state index contributed by atoms with van der Waals surface area (Å²) in [5.74, 6) is 1.01. The second-order valence-electron chi connectivity index (χ2n) is 5.16. The number of methoxy groups -OCH3 is 2. The summed E-state index contributed by atoms with van der Waals surface area (Å²) in [6, 6.07) is 14.3. The molecule has 6 heteroatoms. The summed E-state index contributed by atoms with van der Waals surface area (Å²) in [5.41, 5.74) is 1.76. The first-order chi connectivity index (χ1) is 12.2. The zero-order chi connectivity index (χ0) is 17.6. The van der Waals surface area contributed by atoms with Crippen LogP contribution in [-0.4, -0.2) is 25.2 Å². The van der Waals surface area contributed by atoms with Gasteiger partial charge in [-0.1, -0.05) is 18.2 Å². The Morgan fingerprint density at radius 1 is 1.04 bits per heavy atom. The Labute approximate surface area is 145 Å². The molecule has 0 unspecified atom stereocenters. The zero-order valence-corrected chi connectivity index (χ0v) is 13.9. The number of rotatable bonds is 6. The summed E-state index contributed by atoms with van der Waals surface area (Å²) in [5, 5.41) is 0. The monoisotopic (exact) mass is 339 g/mol. The van der Waals surface area contributed by atoms with Gasteiger partial charge < -0.3 is 18.6 Å². The number of nitrogens with zero attached hydrogens (tertiary/aromatic N) is 1. The van der Waals surface area contributed by atoms with Gasteiger partial charge in [-0.3, -0.25) is 0 Å². The molecule has 25 heavy (non-hydrogen) atoms. The Balaban J connectivity index is 1.66. The number of benzene rings is 2. The highest BCUT2D eigenvalue weighted by molar-refractivity contribution is 5.90. The lowest BCUT2D eigenvalue weighted by atomic mass is 10.2. The van der Waals surface area contributed by atoms with Crippen LogP contribution in [0.15, 0.2) is 59.2 Å². The first kappa shape index (κ1) is 16.6. The molecule has 0 aliphatic rings. The van der Waals surface area contributed by atoms with Gasteiger partial charge in [0, 0.05) is 5.56 Å². The van der Waals surface area contributed by atoms with Crippen LogP contribution in [0.1, 0.15) is 16.1 Å². The topological polar surface area (TPSA) is 70.8 Å². The Kier molecular flexibility index (Phi) is 4.99. The molecule has 1 aromatic heterocycles.